The van der Waals surface area contributed by atoms with Crippen molar-refractivity contribution >= 4 is 0 Å². The highest BCUT2D eigenvalue weighted by molar-refractivity contribution is 4.95. The van der Waals surface area contributed by atoms with Crippen LogP contribution in [0.3, 0.4) is 0 Å². The molecule has 0 aromatic heterocycles. The van der Waals surface area contributed by atoms with E-state index in [1.165, 1.54) is 0 Å². The van der Waals surface area contributed by atoms with Crippen molar-refractivity contribution in [3.8, 4) is 0 Å². The Kier molecular flexibility index (Phi) is 8.14. The average molecular weight is 228 g/mol. The molecule has 2 heteroatoms. The molecule has 2 unspecified atom stereocenters. The molecule has 0 heterocycles. The molecular weight excluding hydrogens is 200 g/mol. The summed E-state index contributed by atoms with van der Waals surface area (Å²) in [5, 5.41) is 0. The molecule has 0 N–H and O–H groups in total. The van der Waals surface area contributed by atoms with Gasteiger partial charge in [-0.05, 0) is 25.7 Å². The predicted molar refractivity (Wildman–Crippen MR) is 69.2 cm³/mol. The molecule has 0 aliphatic heterocycles. The van der Waals surface area contributed by atoms with Crippen molar-refractivity contribution in [3.63, 3.8) is 0 Å². The van der Waals surface area contributed by atoms with Crippen LogP contribution in [0, 0.1) is 11.8 Å². The third-order valence-corrected chi connectivity index (χ3v) is 3.06. The molecule has 0 spiro atoms. The first kappa shape index (κ1) is 15.3. The normalized spacial score (nSPS) is 16.4. The standard InChI is InChI=1S/C14H28O2/c1-7-11(3)9-15-13(5)14(6)16-10-12(4)8-2/h11-12H,7-10H2,1-6H3/b14-13-. The highest BCUT2D eigenvalue weighted by atomic mass is 16.5. The van der Waals surface area contributed by atoms with Crippen LogP contribution in [0.1, 0.15) is 54.4 Å². The Labute approximate surface area is 101 Å². The first-order chi connectivity index (χ1) is 7.51. The average Bonchev–Trinajstić information content (AvgIpc) is 2.31. The molecule has 2 nitrogen and oxygen atoms in total. The zero-order valence-corrected chi connectivity index (χ0v) is 11.8. The third kappa shape index (κ3) is 6.76. The molecule has 0 rings (SSSR count). The van der Waals surface area contributed by atoms with Crippen LogP contribution in [-0.4, -0.2) is 13.2 Å². The molecule has 2 atom stereocenters. The van der Waals surface area contributed by atoms with Crippen molar-refractivity contribution in [2.45, 2.75) is 54.4 Å². The van der Waals surface area contributed by atoms with Gasteiger partial charge in [-0.3, -0.25) is 0 Å². The smallest absolute Gasteiger partial charge is 0.130 e. The first-order valence-electron chi connectivity index (χ1n) is 6.44. The van der Waals surface area contributed by atoms with E-state index in [9.17, 15) is 0 Å². The van der Waals surface area contributed by atoms with Gasteiger partial charge in [0.1, 0.15) is 11.5 Å². The van der Waals surface area contributed by atoms with Gasteiger partial charge in [0.25, 0.3) is 0 Å². The van der Waals surface area contributed by atoms with Gasteiger partial charge in [-0.25, -0.2) is 0 Å². The number of hydrogen-bond acceptors (Lipinski definition) is 2. The van der Waals surface area contributed by atoms with Crippen LogP contribution in [0.15, 0.2) is 11.5 Å². The molecule has 0 saturated carbocycles. The van der Waals surface area contributed by atoms with E-state index in [4.69, 9.17) is 9.47 Å². The van der Waals surface area contributed by atoms with Gasteiger partial charge < -0.3 is 9.47 Å². The summed E-state index contributed by atoms with van der Waals surface area (Å²) in [6.45, 7) is 14.3. The summed E-state index contributed by atoms with van der Waals surface area (Å²) in [5.74, 6) is 3.06. The van der Waals surface area contributed by atoms with Gasteiger partial charge in [-0.2, -0.15) is 0 Å². The minimum absolute atomic E-state index is 0.609. The van der Waals surface area contributed by atoms with E-state index < -0.39 is 0 Å². The molecule has 0 aliphatic carbocycles. The Morgan fingerprint density at radius 3 is 1.38 bits per heavy atom. The second-order valence-corrected chi connectivity index (χ2v) is 4.76. The summed E-state index contributed by atoms with van der Waals surface area (Å²) in [5.41, 5.74) is 0. The van der Waals surface area contributed by atoms with Crippen molar-refractivity contribution in [2.75, 3.05) is 13.2 Å². The summed E-state index contributed by atoms with van der Waals surface area (Å²) in [7, 11) is 0. The van der Waals surface area contributed by atoms with Crippen LogP contribution in [0.2, 0.25) is 0 Å². The highest BCUT2D eigenvalue weighted by Gasteiger charge is 2.05. The lowest BCUT2D eigenvalue weighted by atomic mass is 10.1. The largest absolute Gasteiger partial charge is 0.494 e. The Bertz CT molecular complexity index is 187. The SMILES string of the molecule is CCC(C)CO/C(C)=C(/C)OCC(C)CC. The van der Waals surface area contributed by atoms with Gasteiger partial charge in [0.15, 0.2) is 0 Å². The minimum Gasteiger partial charge on any atom is -0.494 e. The molecule has 0 bridgehead atoms. The van der Waals surface area contributed by atoms with E-state index in [0.29, 0.717) is 11.8 Å². The number of hydrogen-bond donors (Lipinski definition) is 0. The van der Waals surface area contributed by atoms with Crippen LogP contribution in [-0.2, 0) is 9.47 Å². The van der Waals surface area contributed by atoms with Crippen molar-refractivity contribution in [1.82, 2.24) is 0 Å². The minimum atomic E-state index is 0.609. The maximum absolute atomic E-state index is 5.68. The van der Waals surface area contributed by atoms with Gasteiger partial charge in [-0.15, -0.1) is 0 Å². The van der Waals surface area contributed by atoms with Crippen molar-refractivity contribution < 1.29 is 9.47 Å². The van der Waals surface area contributed by atoms with Gasteiger partial charge in [-0.1, -0.05) is 40.5 Å². The first-order valence-corrected chi connectivity index (χ1v) is 6.44. The maximum Gasteiger partial charge on any atom is 0.130 e. The van der Waals surface area contributed by atoms with E-state index in [0.717, 1.165) is 37.6 Å². The summed E-state index contributed by atoms with van der Waals surface area (Å²) in [6, 6.07) is 0. The third-order valence-electron chi connectivity index (χ3n) is 3.06. The van der Waals surface area contributed by atoms with Crippen LogP contribution < -0.4 is 0 Å². The Balaban J connectivity index is 3.95. The fraction of sp³-hybridized carbons (Fsp3) is 0.857. The number of ether oxygens (including phenoxy) is 2. The highest BCUT2D eigenvalue weighted by Crippen LogP contribution is 2.12. The molecule has 0 aromatic rings. The lowest BCUT2D eigenvalue weighted by molar-refractivity contribution is 0.121. The molecule has 16 heavy (non-hydrogen) atoms. The summed E-state index contributed by atoms with van der Waals surface area (Å²) in [6.07, 6.45) is 2.31. The lowest BCUT2D eigenvalue weighted by Gasteiger charge is -2.16. The zero-order chi connectivity index (χ0) is 12.6. The van der Waals surface area contributed by atoms with Crippen LogP contribution in [0.5, 0.6) is 0 Å². The summed E-state index contributed by atoms with van der Waals surface area (Å²) >= 11 is 0. The van der Waals surface area contributed by atoms with Crippen molar-refractivity contribution in [2.24, 2.45) is 11.8 Å². The van der Waals surface area contributed by atoms with Crippen LogP contribution in [0.4, 0.5) is 0 Å². The summed E-state index contributed by atoms with van der Waals surface area (Å²) in [4.78, 5) is 0. The monoisotopic (exact) mass is 228 g/mol. The van der Waals surface area contributed by atoms with Crippen molar-refractivity contribution in [3.05, 3.63) is 11.5 Å². The molecule has 0 amide bonds. The second kappa shape index (κ2) is 8.49. The van der Waals surface area contributed by atoms with E-state index in [1.54, 1.807) is 0 Å². The number of rotatable bonds is 8. The topological polar surface area (TPSA) is 18.5 Å². The molecular formula is C14H28O2. The van der Waals surface area contributed by atoms with Crippen LogP contribution >= 0.6 is 0 Å². The molecule has 0 aromatic carbocycles. The van der Waals surface area contributed by atoms with E-state index >= 15 is 0 Å². The number of allylic oxidation sites excluding steroid dienone is 2. The predicted octanol–water partition coefficient (Wildman–Crippen LogP) is 4.36. The van der Waals surface area contributed by atoms with E-state index in [2.05, 4.69) is 27.7 Å². The Hall–Kier alpha value is -0.660. The quantitative estimate of drug-likeness (QED) is 0.575. The van der Waals surface area contributed by atoms with Crippen LogP contribution in [0.25, 0.3) is 0 Å². The Morgan fingerprint density at radius 2 is 1.12 bits per heavy atom. The molecule has 0 fully saturated rings. The molecule has 0 saturated heterocycles. The van der Waals surface area contributed by atoms with Gasteiger partial charge in [0.05, 0.1) is 13.2 Å². The maximum atomic E-state index is 5.68. The van der Waals surface area contributed by atoms with Crippen molar-refractivity contribution in [1.29, 1.82) is 0 Å². The molecule has 0 radical (unpaired) electrons. The van der Waals surface area contributed by atoms with E-state index in [1.807, 2.05) is 13.8 Å². The fourth-order valence-electron chi connectivity index (χ4n) is 0.973. The lowest BCUT2D eigenvalue weighted by Crippen LogP contribution is -2.07. The second-order valence-electron chi connectivity index (χ2n) is 4.76. The fourth-order valence-corrected chi connectivity index (χ4v) is 0.973. The zero-order valence-electron chi connectivity index (χ0n) is 11.8. The van der Waals surface area contributed by atoms with Gasteiger partial charge >= 0.3 is 0 Å². The molecule has 96 valence electrons. The van der Waals surface area contributed by atoms with E-state index in [-0.39, 0.29) is 0 Å². The van der Waals surface area contributed by atoms with Gasteiger partial charge in [0.2, 0.25) is 0 Å². The Morgan fingerprint density at radius 1 is 0.812 bits per heavy atom. The summed E-state index contributed by atoms with van der Waals surface area (Å²) < 4.78 is 11.4. The molecule has 0 aliphatic rings. The van der Waals surface area contributed by atoms with Gasteiger partial charge in [0, 0.05) is 0 Å².